The molecule has 1 spiro atoms. The number of hydrogen-bond acceptors (Lipinski definition) is 4. The monoisotopic (exact) mass is 475 g/mol. The molecule has 0 bridgehead atoms. The van der Waals surface area contributed by atoms with Gasteiger partial charge in [-0.3, -0.25) is 9.89 Å². The van der Waals surface area contributed by atoms with Crippen LogP contribution in [0.5, 0.6) is 0 Å². The van der Waals surface area contributed by atoms with E-state index in [4.69, 9.17) is 0 Å². The van der Waals surface area contributed by atoms with Gasteiger partial charge in [-0.25, -0.2) is 4.79 Å². The normalized spacial score (nSPS) is 32.0. The summed E-state index contributed by atoms with van der Waals surface area (Å²) in [6, 6.07) is 9.58. The molecule has 184 valence electrons. The van der Waals surface area contributed by atoms with Gasteiger partial charge in [0.05, 0.1) is 23.8 Å². The first-order valence-corrected chi connectivity index (χ1v) is 12.1. The molecule has 4 aliphatic rings. The number of amidine groups is 1. The topological polar surface area (TPSA) is 60.0 Å². The molecule has 1 saturated heterocycles. The predicted octanol–water partition coefficient (Wildman–Crippen LogP) is 4.36. The average molecular weight is 476 g/mol. The van der Waals surface area contributed by atoms with Crippen LogP contribution in [-0.2, 0) is 5.54 Å². The number of aliphatic imine (C=N–C) groups is 1. The molecular weight excluding hydrogens is 443 g/mol. The van der Waals surface area contributed by atoms with Crippen molar-refractivity contribution in [3.05, 3.63) is 47.8 Å². The predicted molar refractivity (Wildman–Crippen MR) is 124 cm³/mol. The van der Waals surface area contributed by atoms with E-state index in [-0.39, 0.29) is 17.1 Å². The van der Waals surface area contributed by atoms with Crippen LogP contribution in [0, 0.1) is 5.92 Å². The summed E-state index contributed by atoms with van der Waals surface area (Å²) < 4.78 is 39.4. The number of rotatable bonds is 5. The van der Waals surface area contributed by atoms with Crippen molar-refractivity contribution in [3.63, 3.8) is 0 Å². The van der Waals surface area contributed by atoms with E-state index in [0.29, 0.717) is 18.2 Å². The molecule has 0 aromatic heterocycles. The summed E-state index contributed by atoms with van der Waals surface area (Å²) in [5, 5.41) is 5.84. The molecule has 6 nitrogen and oxygen atoms in total. The van der Waals surface area contributed by atoms with E-state index in [0.717, 1.165) is 45.1 Å². The highest BCUT2D eigenvalue weighted by Gasteiger charge is 2.55. The molecule has 0 radical (unpaired) electrons. The Labute approximate surface area is 198 Å². The Morgan fingerprint density at radius 3 is 2.38 bits per heavy atom. The van der Waals surface area contributed by atoms with Gasteiger partial charge in [0.2, 0.25) is 5.84 Å². The second-order valence-electron chi connectivity index (χ2n) is 10.2. The van der Waals surface area contributed by atoms with Gasteiger partial charge in [0.15, 0.2) is 0 Å². The van der Waals surface area contributed by atoms with E-state index in [9.17, 15) is 18.0 Å². The van der Waals surface area contributed by atoms with Crippen molar-refractivity contribution >= 4 is 11.9 Å². The van der Waals surface area contributed by atoms with Crippen molar-refractivity contribution in [2.45, 2.75) is 68.7 Å². The van der Waals surface area contributed by atoms with Gasteiger partial charge in [0.1, 0.15) is 0 Å². The Balaban J connectivity index is 1.40. The first kappa shape index (κ1) is 23.2. The Kier molecular flexibility index (Phi) is 5.66. The van der Waals surface area contributed by atoms with Crippen LogP contribution in [0.4, 0.5) is 18.0 Å². The molecule has 2 aliphatic heterocycles. The molecule has 2 saturated carbocycles. The largest absolute Gasteiger partial charge is 0.449 e. The highest BCUT2D eigenvalue weighted by atomic mass is 19.4. The average Bonchev–Trinajstić information content (AvgIpc) is 3.61. The first-order valence-electron chi connectivity index (χ1n) is 12.1. The Bertz CT molecular complexity index is 994. The van der Waals surface area contributed by atoms with Crippen molar-refractivity contribution in [3.8, 4) is 0 Å². The number of hydrogen-bond donors (Lipinski definition) is 2. The smallest absolute Gasteiger partial charge is 0.341 e. The van der Waals surface area contributed by atoms with Crippen molar-refractivity contribution in [1.29, 1.82) is 0 Å². The zero-order chi connectivity index (χ0) is 24.1. The Hall–Kier alpha value is -2.55. The molecule has 1 atom stereocenters. The number of halogens is 3. The quantitative estimate of drug-likeness (QED) is 0.666. The molecule has 5 rings (SSSR count). The summed E-state index contributed by atoms with van der Waals surface area (Å²) in [4.78, 5) is 21.2. The van der Waals surface area contributed by atoms with Crippen molar-refractivity contribution in [1.82, 2.24) is 20.4 Å². The van der Waals surface area contributed by atoms with Gasteiger partial charge in [0, 0.05) is 18.3 Å². The summed E-state index contributed by atoms with van der Waals surface area (Å²) in [6.45, 7) is 2.82. The minimum atomic E-state index is -4.54. The summed E-state index contributed by atoms with van der Waals surface area (Å²) in [5.41, 5.74) is 1.30. The highest BCUT2D eigenvalue weighted by Crippen LogP contribution is 2.49. The third kappa shape index (κ3) is 3.97. The second kappa shape index (κ2) is 8.29. The molecule has 9 heteroatoms. The number of nitrogens with one attached hydrogen (secondary N) is 2. The van der Waals surface area contributed by atoms with E-state index in [1.54, 1.807) is 11.8 Å². The standard InChI is InChI=1S/C25H32F3N5O/c1-17-20(14-30-21(31-17)25(26,27)28)32-16-23(33(22(32)34)15-18-8-9-18)10-12-24(29-2,13-11-23)19-6-4-3-5-7-19/h3-7,14,17-18,29H,8-13,15-16H2,1-2H3,(H,30,31). The lowest BCUT2D eigenvalue weighted by Crippen LogP contribution is -2.55. The molecule has 2 aliphatic carbocycles. The van der Waals surface area contributed by atoms with Crippen LogP contribution in [-0.4, -0.2) is 59.6 Å². The van der Waals surface area contributed by atoms with Crippen LogP contribution in [0.2, 0.25) is 0 Å². The fourth-order valence-corrected chi connectivity index (χ4v) is 5.86. The summed E-state index contributed by atoms with van der Waals surface area (Å²) in [7, 11) is 2.00. The lowest BCUT2D eigenvalue weighted by molar-refractivity contribution is -0.0617. The van der Waals surface area contributed by atoms with Gasteiger partial charge in [-0.05, 0) is 64.0 Å². The molecule has 2 N–H and O–H groups in total. The lowest BCUT2D eigenvalue weighted by atomic mass is 9.69. The second-order valence-corrected chi connectivity index (χ2v) is 10.2. The van der Waals surface area contributed by atoms with Crippen LogP contribution in [0.1, 0.15) is 51.0 Å². The van der Waals surface area contributed by atoms with Gasteiger partial charge in [-0.15, -0.1) is 0 Å². The fourth-order valence-electron chi connectivity index (χ4n) is 5.86. The van der Waals surface area contributed by atoms with Crippen LogP contribution in [0.25, 0.3) is 0 Å². The maximum Gasteiger partial charge on any atom is 0.449 e. The van der Waals surface area contributed by atoms with E-state index >= 15 is 0 Å². The zero-order valence-corrected chi connectivity index (χ0v) is 19.7. The van der Waals surface area contributed by atoms with Crippen LogP contribution in [0.15, 0.2) is 47.2 Å². The van der Waals surface area contributed by atoms with Gasteiger partial charge in [-0.1, -0.05) is 30.3 Å². The molecule has 34 heavy (non-hydrogen) atoms. The van der Waals surface area contributed by atoms with Gasteiger partial charge in [0.25, 0.3) is 0 Å². The van der Waals surface area contributed by atoms with E-state index in [1.807, 2.05) is 18.0 Å². The van der Waals surface area contributed by atoms with Gasteiger partial charge in [-0.2, -0.15) is 13.2 Å². The minimum absolute atomic E-state index is 0.103. The van der Waals surface area contributed by atoms with Crippen molar-refractivity contribution in [2.75, 3.05) is 20.1 Å². The number of nitrogens with zero attached hydrogens (tertiary/aromatic N) is 3. The number of alkyl halides is 3. The van der Waals surface area contributed by atoms with Crippen molar-refractivity contribution < 1.29 is 18.0 Å². The third-order valence-corrected chi connectivity index (χ3v) is 8.15. The van der Waals surface area contributed by atoms with Crippen molar-refractivity contribution in [2.24, 2.45) is 10.9 Å². The van der Waals surface area contributed by atoms with Gasteiger partial charge >= 0.3 is 12.2 Å². The minimum Gasteiger partial charge on any atom is -0.341 e. The molecule has 2 amide bonds. The molecule has 1 aromatic carbocycles. The van der Waals surface area contributed by atoms with E-state index in [2.05, 4.69) is 39.9 Å². The molecule has 1 aromatic rings. The molecule has 2 heterocycles. The fraction of sp³-hybridized carbons (Fsp3) is 0.600. The highest BCUT2D eigenvalue weighted by molar-refractivity contribution is 5.90. The Morgan fingerprint density at radius 2 is 1.82 bits per heavy atom. The SMILES string of the molecule is CNC1(c2ccccc2)CCC2(CC1)CN(C1=CNC(C(F)(F)F)=NC1C)C(=O)N2CC1CC1. The van der Waals surface area contributed by atoms with Crippen LogP contribution < -0.4 is 10.6 Å². The van der Waals surface area contributed by atoms with Crippen LogP contribution in [0.3, 0.4) is 0 Å². The number of benzene rings is 1. The lowest BCUT2D eigenvalue weighted by Gasteiger charge is -2.48. The number of carbonyl (C=O) groups excluding carboxylic acids is 1. The maximum atomic E-state index is 13.7. The molecular formula is C25H32F3N5O. The number of urea groups is 1. The third-order valence-electron chi connectivity index (χ3n) is 8.15. The van der Waals surface area contributed by atoms with E-state index in [1.165, 1.54) is 11.8 Å². The number of amides is 2. The maximum absolute atomic E-state index is 13.7. The summed E-state index contributed by atoms with van der Waals surface area (Å²) >= 11 is 0. The van der Waals surface area contributed by atoms with E-state index < -0.39 is 18.1 Å². The van der Waals surface area contributed by atoms with Crippen LogP contribution >= 0.6 is 0 Å². The van der Waals surface area contributed by atoms with Gasteiger partial charge < -0.3 is 15.5 Å². The zero-order valence-electron chi connectivity index (χ0n) is 19.7. The molecule has 1 unspecified atom stereocenters. The first-order chi connectivity index (χ1) is 16.2. The number of carbonyl (C=O) groups is 1. The summed E-state index contributed by atoms with van der Waals surface area (Å²) in [6.07, 6.45) is 2.49. The Morgan fingerprint density at radius 1 is 1.15 bits per heavy atom. The molecule has 3 fully saturated rings. The summed E-state index contributed by atoms with van der Waals surface area (Å²) in [5.74, 6) is -0.490.